The standard InChI is InChI=1S/C23H27N3O/c1-3-27-18-9-7-16(8-10-18)25-17-12-20-19-5-4-6-21-23(19)15(13-24-21)11-22(20)26(2)14-17/h4-10,13,17,20,22,24-25H,3,11-12,14H2,1-2H3/t17-,20+,22-/m1/s1. The minimum atomic E-state index is 0.449. The molecule has 27 heavy (non-hydrogen) atoms. The Morgan fingerprint density at radius 2 is 2.04 bits per heavy atom. The zero-order chi connectivity index (χ0) is 18.4. The summed E-state index contributed by atoms with van der Waals surface area (Å²) in [5, 5.41) is 5.22. The van der Waals surface area contributed by atoms with Gasteiger partial charge in [0.05, 0.1) is 6.61 Å². The van der Waals surface area contributed by atoms with Crippen molar-refractivity contribution in [2.45, 2.75) is 37.8 Å². The number of piperidine rings is 1. The molecule has 2 aliphatic rings. The lowest BCUT2D eigenvalue weighted by Gasteiger charge is -2.46. The fraction of sp³-hybridized carbons (Fsp3) is 0.391. The maximum atomic E-state index is 5.56. The molecule has 3 aromatic rings. The van der Waals surface area contributed by atoms with Crippen LogP contribution in [0, 0.1) is 0 Å². The Balaban J connectivity index is 1.39. The molecule has 2 N–H and O–H groups in total. The van der Waals surface area contributed by atoms with Crippen LogP contribution in [-0.4, -0.2) is 42.2 Å². The quantitative estimate of drug-likeness (QED) is 0.724. The molecule has 3 atom stereocenters. The Hall–Kier alpha value is -2.46. The van der Waals surface area contributed by atoms with Gasteiger partial charge < -0.3 is 19.9 Å². The van der Waals surface area contributed by atoms with E-state index in [0.717, 1.165) is 18.7 Å². The van der Waals surface area contributed by atoms with E-state index in [1.54, 1.807) is 0 Å². The fourth-order valence-electron chi connectivity index (χ4n) is 5.10. The van der Waals surface area contributed by atoms with Crippen LogP contribution in [0.1, 0.15) is 30.4 Å². The first-order chi connectivity index (χ1) is 13.2. The molecule has 4 nitrogen and oxygen atoms in total. The van der Waals surface area contributed by atoms with Crippen LogP contribution in [0.4, 0.5) is 5.69 Å². The first-order valence-corrected chi connectivity index (χ1v) is 10.0. The molecule has 1 saturated heterocycles. The lowest BCUT2D eigenvalue weighted by molar-refractivity contribution is 0.147. The number of nitrogens with zero attached hydrogens (tertiary/aromatic N) is 1. The van der Waals surface area contributed by atoms with E-state index in [2.05, 4.69) is 70.9 Å². The number of aromatic amines is 1. The number of ether oxygens (including phenoxy) is 1. The van der Waals surface area contributed by atoms with Crippen molar-refractivity contribution in [2.24, 2.45) is 0 Å². The van der Waals surface area contributed by atoms with E-state index in [1.165, 1.54) is 34.1 Å². The van der Waals surface area contributed by atoms with E-state index in [-0.39, 0.29) is 0 Å². The maximum Gasteiger partial charge on any atom is 0.119 e. The van der Waals surface area contributed by atoms with Gasteiger partial charge in [-0.25, -0.2) is 0 Å². The third-order valence-corrected chi connectivity index (χ3v) is 6.26. The van der Waals surface area contributed by atoms with Crippen molar-refractivity contribution >= 4 is 16.6 Å². The van der Waals surface area contributed by atoms with Crippen molar-refractivity contribution < 1.29 is 4.74 Å². The first-order valence-electron chi connectivity index (χ1n) is 10.0. The normalized spacial score (nSPS) is 24.6. The SMILES string of the molecule is CCOc1ccc(N[C@@H]2C[C@H]3c4cccc5[nH]cc(c45)C[C@H]3N(C)C2)cc1. The lowest BCUT2D eigenvalue weighted by Crippen LogP contribution is -2.51. The molecule has 1 aromatic heterocycles. The monoisotopic (exact) mass is 361 g/mol. The van der Waals surface area contributed by atoms with Crippen molar-refractivity contribution in [1.29, 1.82) is 0 Å². The van der Waals surface area contributed by atoms with Gasteiger partial charge in [0.2, 0.25) is 0 Å². The molecule has 5 rings (SSSR count). The molecule has 0 amide bonds. The second-order valence-corrected chi connectivity index (χ2v) is 7.94. The molecule has 0 radical (unpaired) electrons. The lowest BCUT2D eigenvalue weighted by atomic mass is 9.74. The van der Waals surface area contributed by atoms with Crippen LogP contribution in [0.15, 0.2) is 48.7 Å². The molecule has 1 fully saturated rings. The number of nitrogens with one attached hydrogen (secondary N) is 2. The van der Waals surface area contributed by atoms with Crippen LogP contribution in [0.25, 0.3) is 10.9 Å². The minimum Gasteiger partial charge on any atom is -0.494 e. The summed E-state index contributed by atoms with van der Waals surface area (Å²) in [6.45, 7) is 3.79. The number of benzene rings is 2. The van der Waals surface area contributed by atoms with Gasteiger partial charge in [-0.3, -0.25) is 0 Å². The van der Waals surface area contributed by atoms with Crippen molar-refractivity contribution in [3.63, 3.8) is 0 Å². The van der Waals surface area contributed by atoms with Gasteiger partial charge in [-0.2, -0.15) is 0 Å². The molecule has 0 saturated carbocycles. The summed E-state index contributed by atoms with van der Waals surface area (Å²) in [4.78, 5) is 6.02. The number of rotatable bonds is 4. The van der Waals surface area contributed by atoms with Crippen LogP contribution in [-0.2, 0) is 6.42 Å². The van der Waals surface area contributed by atoms with E-state index in [4.69, 9.17) is 4.74 Å². The van der Waals surface area contributed by atoms with Crippen LogP contribution in [0.3, 0.4) is 0 Å². The van der Waals surface area contributed by atoms with Gasteiger partial charge in [0.25, 0.3) is 0 Å². The van der Waals surface area contributed by atoms with E-state index in [0.29, 0.717) is 24.6 Å². The molecule has 1 aliphatic carbocycles. The highest BCUT2D eigenvalue weighted by Gasteiger charge is 2.39. The molecule has 140 valence electrons. The number of likely N-dealkylation sites (tertiary alicyclic amines) is 1. The maximum absolute atomic E-state index is 5.56. The summed E-state index contributed by atoms with van der Waals surface area (Å²) in [6, 6.07) is 16.1. The number of hydrogen-bond acceptors (Lipinski definition) is 3. The summed E-state index contributed by atoms with van der Waals surface area (Å²) in [5.41, 5.74) is 5.45. The molecule has 0 spiro atoms. The summed E-state index contributed by atoms with van der Waals surface area (Å²) in [6.07, 6.45) is 4.53. The third kappa shape index (κ3) is 2.88. The highest BCUT2D eigenvalue weighted by molar-refractivity contribution is 5.88. The molecule has 2 heterocycles. The predicted octanol–water partition coefficient (Wildman–Crippen LogP) is 4.39. The third-order valence-electron chi connectivity index (χ3n) is 6.26. The second-order valence-electron chi connectivity index (χ2n) is 7.94. The zero-order valence-corrected chi connectivity index (χ0v) is 16.0. The number of fused-ring (bicyclic) bond motifs is 2. The molecule has 0 unspecified atom stereocenters. The van der Waals surface area contributed by atoms with Crippen molar-refractivity contribution in [1.82, 2.24) is 9.88 Å². The predicted molar refractivity (Wildman–Crippen MR) is 111 cm³/mol. The van der Waals surface area contributed by atoms with E-state index in [1.807, 2.05) is 6.92 Å². The molecular formula is C23H27N3O. The Morgan fingerprint density at radius 3 is 2.85 bits per heavy atom. The van der Waals surface area contributed by atoms with Gasteiger partial charge in [-0.1, -0.05) is 12.1 Å². The first kappa shape index (κ1) is 16.7. The van der Waals surface area contributed by atoms with Crippen LogP contribution >= 0.6 is 0 Å². The Bertz CT molecular complexity index is 946. The second kappa shape index (κ2) is 6.61. The number of aromatic nitrogens is 1. The summed E-state index contributed by atoms with van der Waals surface area (Å²) < 4.78 is 5.56. The van der Waals surface area contributed by atoms with Crippen LogP contribution in [0.5, 0.6) is 5.75 Å². The number of hydrogen-bond donors (Lipinski definition) is 2. The smallest absolute Gasteiger partial charge is 0.119 e. The van der Waals surface area contributed by atoms with E-state index < -0.39 is 0 Å². The van der Waals surface area contributed by atoms with Gasteiger partial charge in [0, 0.05) is 47.3 Å². The topological polar surface area (TPSA) is 40.3 Å². The molecule has 4 heteroatoms. The van der Waals surface area contributed by atoms with Crippen LogP contribution < -0.4 is 10.1 Å². The van der Waals surface area contributed by atoms with E-state index in [9.17, 15) is 0 Å². The number of likely N-dealkylation sites (N-methyl/N-ethyl adjacent to an activating group) is 1. The van der Waals surface area contributed by atoms with Crippen molar-refractivity contribution in [2.75, 3.05) is 25.5 Å². The highest BCUT2D eigenvalue weighted by Crippen LogP contribution is 2.43. The Morgan fingerprint density at radius 1 is 1.19 bits per heavy atom. The molecular weight excluding hydrogens is 334 g/mol. The van der Waals surface area contributed by atoms with Gasteiger partial charge >= 0.3 is 0 Å². The summed E-state index contributed by atoms with van der Waals surface area (Å²) in [7, 11) is 2.28. The highest BCUT2D eigenvalue weighted by atomic mass is 16.5. The van der Waals surface area contributed by atoms with Crippen molar-refractivity contribution in [3.8, 4) is 5.75 Å². The number of anilines is 1. The van der Waals surface area contributed by atoms with Gasteiger partial charge in [0.15, 0.2) is 0 Å². The zero-order valence-electron chi connectivity index (χ0n) is 16.0. The molecule has 1 aliphatic heterocycles. The Labute approximate surface area is 160 Å². The summed E-state index contributed by atoms with van der Waals surface area (Å²) >= 11 is 0. The molecule has 0 bridgehead atoms. The van der Waals surface area contributed by atoms with Gasteiger partial charge in [-0.05, 0) is 68.3 Å². The summed E-state index contributed by atoms with van der Waals surface area (Å²) in [5.74, 6) is 1.51. The average molecular weight is 361 g/mol. The minimum absolute atomic E-state index is 0.449. The van der Waals surface area contributed by atoms with Crippen LogP contribution in [0.2, 0.25) is 0 Å². The van der Waals surface area contributed by atoms with Gasteiger partial charge in [-0.15, -0.1) is 0 Å². The van der Waals surface area contributed by atoms with E-state index >= 15 is 0 Å². The fourth-order valence-corrected chi connectivity index (χ4v) is 5.10. The number of H-pyrrole nitrogens is 1. The van der Waals surface area contributed by atoms with Crippen molar-refractivity contribution in [3.05, 3.63) is 59.8 Å². The van der Waals surface area contributed by atoms with Gasteiger partial charge in [0.1, 0.15) is 5.75 Å². The largest absolute Gasteiger partial charge is 0.494 e. The Kier molecular flexibility index (Phi) is 4.09. The average Bonchev–Trinajstić information content (AvgIpc) is 3.09. The molecule has 2 aromatic carbocycles.